The van der Waals surface area contributed by atoms with Gasteiger partial charge in [-0.3, -0.25) is 4.79 Å². The molecule has 1 aromatic rings. The monoisotopic (exact) mass is 247 g/mol. The normalized spacial score (nSPS) is 9.92. The van der Waals surface area contributed by atoms with Crippen LogP contribution in [0.15, 0.2) is 6.07 Å². The largest absolute Gasteiger partial charge is 0.317 e. The number of nitrogens with one attached hydrogen (secondary N) is 1. The third-order valence-corrected chi connectivity index (χ3v) is 3.13. The molecule has 0 aromatic carbocycles. The van der Waals surface area contributed by atoms with Gasteiger partial charge in [0.25, 0.3) is 0 Å². The lowest BCUT2D eigenvalue weighted by atomic mass is 10.3. The van der Waals surface area contributed by atoms with Gasteiger partial charge < -0.3 is 5.32 Å². The van der Waals surface area contributed by atoms with Gasteiger partial charge in [0.15, 0.2) is 0 Å². The van der Waals surface area contributed by atoms with Gasteiger partial charge in [-0.2, -0.15) is 0 Å². The van der Waals surface area contributed by atoms with Gasteiger partial charge in [-0.1, -0.05) is 15.9 Å². The molecule has 12 heavy (non-hydrogen) atoms. The van der Waals surface area contributed by atoms with Crippen LogP contribution in [0.5, 0.6) is 0 Å². The van der Waals surface area contributed by atoms with E-state index in [4.69, 9.17) is 0 Å². The van der Waals surface area contributed by atoms with Crippen molar-refractivity contribution < 1.29 is 4.79 Å². The number of amides is 1. The number of carbonyl (C=O) groups excluding carboxylic acids is 1. The first kappa shape index (κ1) is 9.74. The molecule has 1 amide bonds. The third-order valence-electron chi connectivity index (χ3n) is 1.55. The molecule has 0 aliphatic rings. The van der Waals surface area contributed by atoms with Crippen LogP contribution in [0.4, 0.5) is 5.00 Å². The second-order valence-electron chi connectivity index (χ2n) is 2.53. The van der Waals surface area contributed by atoms with Gasteiger partial charge in [-0.25, -0.2) is 0 Å². The first-order chi connectivity index (χ1) is 5.63. The number of alkyl halides is 1. The number of hydrogen-bond acceptors (Lipinski definition) is 2. The topological polar surface area (TPSA) is 29.1 Å². The van der Waals surface area contributed by atoms with Gasteiger partial charge in [-0.15, -0.1) is 11.3 Å². The standard InChI is InChI=1S/C8H10BrNOS/c1-5-3-8(12-6(5)2)10-7(11)4-9/h3H,4H2,1-2H3,(H,10,11). The zero-order valence-corrected chi connectivity index (χ0v) is 9.38. The summed E-state index contributed by atoms with van der Waals surface area (Å²) in [4.78, 5) is 12.2. The van der Waals surface area contributed by atoms with Crippen LogP contribution in [0, 0.1) is 13.8 Å². The summed E-state index contributed by atoms with van der Waals surface area (Å²) in [7, 11) is 0. The average molecular weight is 248 g/mol. The minimum atomic E-state index is -0.00347. The molecular formula is C8H10BrNOS. The summed E-state index contributed by atoms with van der Waals surface area (Å²) in [5, 5.41) is 4.06. The van der Waals surface area contributed by atoms with Crippen LogP contribution in [0.3, 0.4) is 0 Å². The van der Waals surface area contributed by atoms with E-state index in [0.717, 1.165) is 5.00 Å². The zero-order valence-electron chi connectivity index (χ0n) is 6.98. The van der Waals surface area contributed by atoms with Crippen LogP contribution < -0.4 is 5.32 Å². The van der Waals surface area contributed by atoms with E-state index in [1.165, 1.54) is 10.4 Å². The van der Waals surface area contributed by atoms with Crippen LogP contribution in [0.2, 0.25) is 0 Å². The van der Waals surface area contributed by atoms with Crippen LogP contribution in [0.25, 0.3) is 0 Å². The van der Waals surface area contributed by atoms with Crippen molar-refractivity contribution in [1.82, 2.24) is 0 Å². The van der Waals surface area contributed by atoms with Crippen molar-refractivity contribution in [2.45, 2.75) is 13.8 Å². The molecule has 0 fully saturated rings. The fraction of sp³-hybridized carbons (Fsp3) is 0.375. The van der Waals surface area contributed by atoms with Gasteiger partial charge >= 0.3 is 0 Å². The van der Waals surface area contributed by atoms with Gasteiger partial charge in [0.2, 0.25) is 5.91 Å². The maximum absolute atomic E-state index is 11.0. The van der Waals surface area contributed by atoms with Crippen molar-refractivity contribution in [3.8, 4) is 0 Å². The van der Waals surface area contributed by atoms with E-state index in [1.807, 2.05) is 19.9 Å². The number of aryl methyl sites for hydroxylation is 2. The molecule has 66 valence electrons. The summed E-state index contributed by atoms with van der Waals surface area (Å²) in [6.07, 6.45) is 0. The molecule has 1 rings (SSSR count). The van der Waals surface area contributed by atoms with Crippen molar-refractivity contribution in [3.05, 3.63) is 16.5 Å². The number of anilines is 1. The van der Waals surface area contributed by atoms with Crippen LogP contribution in [-0.4, -0.2) is 11.2 Å². The summed E-state index contributed by atoms with van der Waals surface area (Å²) in [5.74, 6) is -0.00347. The Hall–Kier alpha value is -0.350. The molecule has 0 radical (unpaired) electrons. The minimum absolute atomic E-state index is 0.00347. The fourth-order valence-electron chi connectivity index (χ4n) is 0.806. The maximum Gasteiger partial charge on any atom is 0.235 e. The Balaban J connectivity index is 2.70. The third kappa shape index (κ3) is 2.32. The van der Waals surface area contributed by atoms with Crippen molar-refractivity contribution in [1.29, 1.82) is 0 Å². The van der Waals surface area contributed by atoms with Crippen molar-refractivity contribution in [3.63, 3.8) is 0 Å². The van der Waals surface area contributed by atoms with Crippen LogP contribution in [0.1, 0.15) is 10.4 Å². The fourth-order valence-corrected chi connectivity index (χ4v) is 1.90. The molecule has 0 aliphatic carbocycles. The molecule has 0 spiro atoms. The summed E-state index contributed by atoms with van der Waals surface area (Å²) >= 11 is 4.70. The van der Waals surface area contributed by atoms with Gasteiger partial charge in [0, 0.05) is 4.88 Å². The molecule has 1 aromatic heterocycles. The Kier molecular flexibility index (Phi) is 3.29. The Morgan fingerprint density at radius 2 is 2.33 bits per heavy atom. The number of carbonyl (C=O) groups is 1. The molecule has 4 heteroatoms. The molecule has 0 saturated heterocycles. The Labute approximate surface area is 84.1 Å². The predicted octanol–water partition coefficient (Wildman–Crippen LogP) is 2.70. The van der Waals surface area contributed by atoms with E-state index in [9.17, 15) is 4.79 Å². The van der Waals surface area contributed by atoms with Crippen molar-refractivity contribution >= 4 is 38.2 Å². The zero-order chi connectivity index (χ0) is 9.14. The highest BCUT2D eigenvalue weighted by Crippen LogP contribution is 2.25. The first-order valence-electron chi connectivity index (χ1n) is 3.56. The van der Waals surface area contributed by atoms with Crippen LogP contribution in [-0.2, 0) is 4.79 Å². The van der Waals surface area contributed by atoms with Gasteiger partial charge in [0.1, 0.15) is 0 Å². The molecule has 0 bridgehead atoms. The van der Waals surface area contributed by atoms with Crippen molar-refractivity contribution in [2.24, 2.45) is 0 Å². The van der Waals surface area contributed by atoms with E-state index >= 15 is 0 Å². The molecule has 0 unspecified atom stereocenters. The van der Waals surface area contributed by atoms with Gasteiger partial charge in [0.05, 0.1) is 10.3 Å². The SMILES string of the molecule is Cc1cc(NC(=O)CBr)sc1C. The highest BCUT2D eigenvalue weighted by Gasteiger charge is 2.03. The van der Waals surface area contributed by atoms with E-state index < -0.39 is 0 Å². The second kappa shape index (κ2) is 4.05. The summed E-state index contributed by atoms with van der Waals surface area (Å²) in [6.45, 7) is 4.08. The van der Waals surface area contributed by atoms with Crippen molar-refractivity contribution in [2.75, 3.05) is 10.6 Å². The van der Waals surface area contributed by atoms with E-state index in [-0.39, 0.29) is 5.91 Å². The molecule has 2 nitrogen and oxygen atoms in total. The van der Waals surface area contributed by atoms with E-state index in [2.05, 4.69) is 21.2 Å². The second-order valence-corrected chi connectivity index (χ2v) is 4.35. The first-order valence-corrected chi connectivity index (χ1v) is 5.50. The maximum atomic E-state index is 11.0. The highest BCUT2D eigenvalue weighted by molar-refractivity contribution is 9.09. The number of thiophene rings is 1. The van der Waals surface area contributed by atoms with Crippen LogP contribution >= 0.6 is 27.3 Å². The van der Waals surface area contributed by atoms with Gasteiger partial charge in [-0.05, 0) is 25.5 Å². The number of halogens is 1. The summed E-state index contributed by atoms with van der Waals surface area (Å²) in [5.41, 5.74) is 1.23. The Morgan fingerprint density at radius 3 is 2.75 bits per heavy atom. The lowest BCUT2D eigenvalue weighted by Crippen LogP contribution is -2.10. The molecule has 0 atom stereocenters. The Bertz CT molecular complexity index is 276. The summed E-state index contributed by atoms with van der Waals surface area (Å²) < 4.78 is 0. The smallest absolute Gasteiger partial charge is 0.235 e. The molecule has 0 saturated carbocycles. The molecule has 0 aliphatic heterocycles. The predicted molar refractivity (Wildman–Crippen MR) is 56.2 cm³/mol. The Morgan fingerprint density at radius 1 is 1.67 bits per heavy atom. The lowest BCUT2D eigenvalue weighted by Gasteiger charge is -1.96. The molecule has 1 N–H and O–H groups in total. The quantitative estimate of drug-likeness (QED) is 0.801. The summed E-state index contributed by atoms with van der Waals surface area (Å²) in [6, 6.07) is 1.99. The average Bonchev–Trinajstić information content (AvgIpc) is 2.31. The molecule has 1 heterocycles. The molecular weight excluding hydrogens is 238 g/mol. The van der Waals surface area contributed by atoms with E-state index in [0.29, 0.717) is 5.33 Å². The lowest BCUT2D eigenvalue weighted by molar-refractivity contribution is -0.113. The van der Waals surface area contributed by atoms with E-state index in [1.54, 1.807) is 11.3 Å². The number of rotatable bonds is 2. The minimum Gasteiger partial charge on any atom is -0.317 e. The number of hydrogen-bond donors (Lipinski definition) is 1. The highest BCUT2D eigenvalue weighted by atomic mass is 79.9.